The van der Waals surface area contributed by atoms with Crippen LogP contribution < -0.4 is 0 Å². The monoisotopic (exact) mass is 194 g/mol. The van der Waals surface area contributed by atoms with Crippen LogP contribution in [0.1, 0.15) is 51.4 Å². The van der Waals surface area contributed by atoms with Crippen molar-refractivity contribution >= 4 is 0 Å². The van der Waals surface area contributed by atoms with Gasteiger partial charge in [0.25, 0.3) is 0 Å². The van der Waals surface area contributed by atoms with Crippen molar-refractivity contribution in [3.05, 3.63) is 6.92 Å². The summed E-state index contributed by atoms with van der Waals surface area (Å²) in [5, 5.41) is 0. The largest absolute Gasteiger partial charge is 0.300 e. The second-order valence-electron chi connectivity index (χ2n) is 5.08. The summed E-state index contributed by atoms with van der Waals surface area (Å²) in [6, 6.07) is 0.947. The summed E-state index contributed by atoms with van der Waals surface area (Å²) in [5.41, 5.74) is 0. The normalized spacial score (nSPS) is 31.1. The van der Waals surface area contributed by atoms with Crippen molar-refractivity contribution in [2.45, 2.75) is 57.4 Å². The Hall–Kier alpha value is -0.0400. The van der Waals surface area contributed by atoms with Crippen LogP contribution in [0.25, 0.3) is 0 Å². The molecule has 1 atom stereocenters. The molecule has 0 N–H and O–H groups in total. The van der Waals surface area contributed by atoms with Crippen LogP contribution in [0, 0.1) is 12.8 Å². The van der Waals surface area contributed by atoms with E-state index in [-0.39, 0.29) is 0 Å². The molecule has 0 spiro atoms. The van der Waals surface area contributed by atoms with Gasteiger partial charge in [-0.3, -0.25) is 0 Å². The quantitative estimate of drug-likeness (QED) is 0.666. The van der Waals surface area contributed by atoms with Crippen LogP contribution in [0.5, 0.6) is 0 Å². The van der Waals surface area contributed by atoms with Gasteiger partial charge in [0.15, 0.2) is 0 Å². The third kappa shape index (κ3) is 2.50. The lowest BCUT2D eigenvalue weighted by Crippen LogP contribution is -2.41. The number of hydrogen-bond donors (Lipinski definition) is 0. The zero-order chi connectivity index (χ0) is 9.80. The number of rotatable bonds is 3. The lowest BCUT2D eigenvalue weighted by atomic mass is 9.92. The maximum atomic E-state index is 3.98. The maximum absolute atomic E-state index is 3.98. The summed E-state index contributed by atoms with van der Waals surface area (Å²) in [7, 11) is 0. The molecule has 1 nitrogen and oxygen atoms in total. The van der Waals surface area contributed by atoms with E-state index in [0.29, 0.717) is 0 Å². The third-order valence-electron chi connectivity index (χ3n) is 4.00. The van der Waals surface area contributed by atoms with Crippen molar-refractivity contribution in [2.24, 2.45) is 5.92 Å². The van der Waals surface area contributed by atoms with Crippen molar-refractivity contribution in [3.63, 3.8) is 0 Å². The van der Waals surface area contributed by atoms with Gasteiger partial charge < -0.3 is 4.90 Å². The third-order valence-corrected chi connectivity index (χ3v) is 4.00. The first kappa shape index (κ1) is 10.5. The molecule has 1 aliphatic carbocycles. The smallest absolute Gasteiger partial charge is 0.00953 e. The average molecular weight is 194 g/mol. The van der Waals surface area contributed by atoms with Gasteiger partial charge >= 0.3 is 0 Å². The Morgan fingerprint density at radius 1 is 1.07 bits per heavy atom. The zero-order valence-electron chi connectivity index (χ0n) is 9.38. The number of hydrogen-bond acceptors (Lipinski definition) is 1. The highest BCUT2D eigenvalue weighted by Gasteiger charge is 2.27. The van der Waals surface area contributed by atoms with Crippen molar-refractivity contribution < 1.29 is 0 Å². The molecule has 2 aliphatic rings. The summed E-state index contributed by atoms with van der Waals surface area (Å²) < 4.78 is 0. The van der Waals surface area contributed by atoms with E-state index in [0.717, 1.165) is 18.4 Å². The minimum absolute atomic E-state index is 0.947. The van der Waals surface area contributed by atoms with Crippen molar-refractivity contribution in [1.82, 2.24) is 4.90 Å². The molecule has 14 heavy (non-hydrogen) atoms. The average Bonchev–Trinajstić information content (AvgIpc) is 2.71. The van der Waals surface area contributed by atoms with Gasteiger partial charge in [0.05, 0.1) is 0 Å². The van der Waals surface area contributed by atoms with E-state index in [1.165, 1.54) is 58.0 Å². The first-order valence-corrected chi connectivity index (χ1v) is 6.43. The Kier molecular flexibility index (Phi) is 3.86. The van der Waals surface area contributed by atoms with Crippen molar-refractivity contribution in [3.8, 4) is 0 Å². The van der Waals surface area contributed by atoms with Gasteiger partial charge in [-0.25, -0.2) is 0 Å². The van der Waals surface area contributed by atoms with Gasteiger partial charge in [0.2, 0.25) is 0 Å². The second kappa shape index (κ2) is 5.16. The predicted octanol–water partition coefficient (Wildman–Crippen LogP) is 3.26. The van der Waals surface area contributed by atoms with Crippen LogP contribution in [0.2, 0.25) is 0 Å². The Morgan fingerprint density at radius 2 is 1.86 bits per heavy atom. The molecule has 1 heterocycles. The number of likely N-dealkylation sites (tertiary alicyclic amines) is 1. The van der Waals surface area contributed by atoms with E-state index >= 15 is 0 Å². The summed E-state index contributed by atoms with van der Waals surface area (Å²) in [4.78, 5) is 2.77. The van der Waals surface area contributed by atoms with E-state index in [4.69, 9.17) is 0 Å². The molecule has 0 amide bonds. The molecule has 1 saturated heterocycles. The molecule has 0 aromatic rings. The zero-order valence-corrected chi connectivity index (χ0v) is 9.38. The van der Waals surface area contributed by atoms with Crippen LogP contribution in [-0.4, -0.2) is 24.0 Å². The number of piperidine rings is 1. The van der Waals surface area contributed by atoms with Gasteiger partial charge in [-0.05, 0) is 44.6 Å². The maximum Gasteiger partial charge on any atom is 0.00953 e. The SMILES string of the molecule is [CH2]CCC1CCCN(C2CCCC2)C1. The molecule has 0 aromatic carbocycles. The second-order valence-corrected chi connectivity index (χ2v) is 5.08. The van der Waals surface area contributed by atoms with Crippen LogP contribution in [0.4, 0.5) is 0 Å². The molecule has 2 fully saturated rings. The Labute approximate surface area is 88.9 Å². The number of nitrogens with zero attached hydrogens (tertiary/aromatic N) is 1. The van der Waals surface area contributed by atoms with E-state index in [9.17, 15) is 0 Å². The lowest BCUT2D eigenvalue weighted by molar-refractivity contribution is 0.121. The highest BCUT2D eigenvalue weighted by Crippen LogP contribution is 2.29. The van der Waals surface area contributed by atoms with Gasteiger partial charge in [0.1, 0.15) is 0 Å². The van der Waals surface area contributed by atoms with Crippen molar-refractivity contribution in [2.75, 3.05) is 13.1 Å². The standard InChI is InChI=1S/C13H24N/c1-2-6-12-7-5-10-14(11-12)13-8-3-4-9-13/h12-13H,1-11H2. The van der Waals surface area contributed by atoms with Crippen LogP contribution >= 0.6 is 0 Å². The molecule has 2 rings (SSSR count). The Bertz CT molecular complexity index is 159. The molecular weight excluding hydrogens is 170 g/mol. The first-order valence-electron chi connectivity index (χ1n) is 6.43. The van der Waals surface area contributed by atoms with Crippen LogP contribution in [0.3, 0.4) is 0 Å². The van der Waals surface area contributed by atoms with Gasteiger partial charge in [-0.1, -0.05) is 26.2 Å². The molecule has 81 valence electrons. The Balaban J connectivity index is 1.80. The van der Waals surface area contributed by atoms with Gasteiger partial charge in [-0.2, -0.15) is 0 Å². The Morgan fingerprint density at radius 3 is 2.57 bits per heavy atom. The molecule has 0 bridgehead atoms. The molecule has 1 heteroatoms. The molecule has 1 aliphatic heterocycles. The van der Waals surface area contributed by atoms with Crippen LogP contribution in [0.15, 0.2) is 0 Å². The summed E-state index contributed by atoms with van der Waals surface area (Å²) in [6.45, 7) is 6.73. The molecular formula is C13H24N. The fourth-order valence-corrected chi connectivity index (χ4v) is 3.22. The predicted molar refractivity (Wildman–Crippen MR) is 61.1 cm³/mol. The molecule has 0 aromatic heterocycles. The van der Waals surface area contributed by atoms with Crippen LogP contribution in [-0.2, 0) is 0 Å². The first-order chi connectivity index (χ1) is 6.90. The summed E-state index contributed by atoms with van der Waals surface area (Å²) in [5.74, 6) is 0.960. The van der Waals surface area contributed by atoms with E-state index in [1.54, 1.807) is 0 Å². The van der Waals surface area contributed by atoms with Crippen molar-refractivity contribution in [1.29, 1.82) is 0 Å². The molecule has 1 unspecified atom stereocenters. The lowest BCUT2D eigenvalue weighted by Gasteiger charge is -2.36. The summed E-state index contributed by atoms with van der Waals surface area (Å²) >= 11 is 0. The highest BCUT2D eigenvalue weighted by molar-refractivity contribution is 4.82. The van der Waals surface area contributed by atoms with E-state index in [1.807, 2.05) is 0 Å². The fraction of sp³-hybridized carbons (Fsp3) is 0.923. The summed E-state index contributed by atoms with van der Waals surface area (Å²) in [6.07, 6.45) is 11.3. The van der Waals surface area contributed by atoms with E-state index < -0.39 is 0 Å². The minimum Gasteiger partial charge on any atom is -0.300 e. The molecule has 1 saturated carbocycles. The van der Waals surface area contributed by atoms with Gasteiger partial charge in [-0.15, -0.1) is 0 Å². The van der Waals surface area contributed by atoms with E-state index in [2.05, 4.69) is 11.8 Å². The van der Waals surface area contributed by atoms with Gasteiger partial charge in [0, 0.05) is 12.6 Å². The fourth-order valence-electron chi connectivity index (χ4n) is 3.22. The topological polar surface area (TPSA) is 3.24 Å². The highest BCUT2D eigenvalue weighted by atomic mass is 15.2. The minimum atomic E-state index is 0.947. The molecule has 1 radical (unpaired) electrons.